The van der Waals surface area contributed by atoms with Crippen LogP contribution in [-0.2, 0) is 9.53 Å². The maximum Gasteiger partial charge on any atom is 0.410 e. The van der Waals surface area contributed by atoms with E-state index in [1.165, 1.54) is 12.0 Å². The molecule has 1 fully saturated rings. The quantitative estimate of drug-likeness (QED) is 0.787. The van der Waals surface area contributed by atoms with Gasteiger partial charge in [-0.2, -0.15) is 0 Å². The number of nitrogens with two attached hydrogens (primary N) is 1. The van der Waals surface area contributed by atoms with Crippen molar-refractivity contribution in [3.05, 3.63) is 30.0 Å². The fourth-order valence-corrected chi connectivity index (χ4v) is 2.52. The minimum atomic E-state index is -1.44. The third-order valence-corrected chi connectivity index (χ3v) is 3.75. The topological polar surface area (TPSA) is 128 Å². The van der Waals surface area contributed by atoms with Gasteiger partial charge in [-0.15, -0.1) is 0 Å². The molecule has 0 bridgehead atoms. The van der Waals surface area contributed by atoms with E-state index in [1.807, 2.05) is 0 Å². The number of primary amides is 1. The Kier molecular flexibility index (Phi) is 4.17. The van der Waals surface area contributed by atoms with Crippen LogP contribution in [0.1, 0.15) is 11.7 Å². The van der Waals surface area contributed by atoms with Crippen LogP contribution in [0, 0.1) is 0 Å². The van der Waals surface area contributed by atoms with Crippen LogP contribution in [0.5, 0.6) is 5.88 Å². The van der Waals surface area contributed by atoms with Crippen LogP contribution >= 0.6 is 0 Å². The number of carbonyl (C=O) groups excluding carboxylic acids is 2. The van der Waals surface area contributed by atoms with Crippen molar-refractivity contribution in [2.75, 3.05) is 20.2 Å². The van der Waals surface area contributed by atoms with Gasteiger partial charge in [0.15, 0.2) is 0 Å². The molecular formula is C15H16N4O5. The van der Waals surface area contributed by atoms with E-state index in [9.17, 15) is 14.7 Å². The number of carbonyl (C=O) groups is 2. The van der Waals surface area contributed by atoms with Gasteiger partial charge in [-0.05, 0) is 12.1 Å². The molecule has 3 N–H and O–H groups in total. The summed E-state index contributed by atoms with van der Waals surface area (Å²) in [4.78, 5) is 32.7. The zero-order valence-corrected chi connectivity index (χ0v) is 12.9. The van der Waals surface area contributed by atoms with E-state index in [0.29, 0.717) is 22.5 Å². The number of methoxy groups -OCH3 is 1. The number of cyclic esters (lactones) is 1. The SMILES string of the molecule is COc1ccc2nccc([C@@H]3CN(C[C@H](O)C(N)=O)C(=O)O3)c2n1. The van der Waals surface area contributed by atoms with Crippen LogP contribution in [0.3, 0.4) is 0 Å². The lowest BCUT2D eigenvalue weighted by Crippen LogP contribution is -2.40. The van der Waals surface area contributed by atoms with Gasteiger partial charge in [-0.25, -0.2) is 9.78 Å². The second-order valence-corrected chi connectivity index (χ2v) is 5.32. The molecule has 3 heterocycles. The molecule has 2 amide bonds. The monoisotopic (exact) mass is 332 g/mol. The zero-order chi connectivity index (χ0) is 17.3. The number of rotatable bonds is 5. The number of ether oxygens (including phenoxy) is 2. The van der Waals surface area contributed by atoms with Crippen molar-refractivity contribution in [2.24, 2.45) is 5.73 Å². The predicted molar refractivity (Wildman–Crippen MR) is 82.1 cm³/mol. The van der Waals surface area contributed by atoms with Crippen LogP contribution in [0.4, 0.5) is 4.79 Å². The molecule has 0 aliphatic carbocycles. The summed E-state index contributed by atoms with van der Waals surface area (Å²) in [5, 5.41) is 9.54. The first-order valence-electron chi connectivity index (χ1n) is 7.22. The minimum Gasteiger partial charge on any atom is -0.481 e. The third kappa shape index (κ3) is 2.93. The van der Waals surface area contributed by atoms with Crippen molar-refractivity contribution in [3.63, 3.8) is 0 Å². The van der Waals surface area contributed by atoms with Crippen LogP contribution in [0.15, 0.2) is 24.4 Å². The largest absolute Gasteiger partial charge is 0.481 e. The maximum atomic E-state index is 12.0. The lowest BCUT2D eigenvalue weighted by Gasteiger charge is -2.15. The number of aliphatic hydroxyl groups excluding tert-OH is 1. The number of fused-ring (bicyclic) bond motifs is 1. The van der Waals surface area contributed by atoms with Gasteiger partial charge in [0.25, 0.3) is 0 Å². The minimum absolute atomic E-state index is 0.168. The summed E-state index contributed by atoms with van der Waals surface area (Å²) in [5.41, 5.74) is 6.88. The molecule has 0 saturated carbocycles. The van der Waals surface area contributed by atoms with Gasteiger partial charge in [0.05, 0.1) is 31.2 Å². The fraction of sp³-hybridized carbons (Fsp3) is 0.333. The van der Waals surface area contributed by atoms with E-state index >= 15 is 0 Å². The number of pyridine rings is 2. The Morgan fingerprint density at radius 1 is 1.54 bits per heavy atom. The molecule has 0 radical (unpaired) electrons. The number of aliphatic hydroxyl groups is 1. The molecule has 2 aromatic rings. The Balaban J connectivity index is 1.88. The number of aromatic nitrogens is 2. The molecule has 126 valence electrons. The number of amides is 2. The van der Waals surface area contributed by atoms with Crippen LogP contribution in [0.2, 0.25) is 0 Å². The Morgan fingerprint density at radius 3 is 3.04 bits per heavy atom. The van der Waals surface area contributed by atoms with E-state index in [-0.39, 0.29) is 13.1 Å². The van der Waals surface area contributed by atoms with Crippen LogP contribution in [-0.4, -0.2) is 58.3 Å². The first kappa shape index (κ1) is 15.9. The van der Waals surface area contributed by atoms with Gasteiger partial charge in [-0.1, -0.05) is 0 Å². The van der Waals surface area contributed by atoms with Gasteiger partial charge < -0.3 is 25.2 Å². The highest BCUT2D eigenvalue weighted by Gasteiger charge is 2.35. The van der Waals surface area contributed by atoms with Crippen molar-refractivity contribution in [1.29, 1.82) is 0 Å². The molecular weight excluding hydrogens is 316 g/mol. The lowest BCUT2D eigenvalue weighted by atomic mass is 10.1. The molecule has 24 heavy (non-hydrogen) atoms. The molecule has 0 spiro atoms. The average Bonchev–Trinajstić information content (AvgIpc) is 2.94. The summed E-state index contributed by atoms with van der Waals surface area (Å²) in [6.45, 7) is -0.0500. The highest BCUT2D eigenvalue weighted by Crippen LogP contribution is 2.30. The molecule has 1 aliphatic heterocycles. The van der Waals surface area contributed by atoms with Gasteiger partial charge in [0.2, 0.25) is 11.8 Å². The van der Waals surface area contributed by atoms with Crippen molar-refractivity contribution < 1.29 is 24.2 Å². The van der Waals surface area contributed by atoms with Crippen molar-refractivity contribution in [3.8, 4) is 5.88 Å². The van der Waals surface area contributed by atoms with Gasteiger partial charge in [0.1, 0.15) is 12.2 Å². The van der Waals surface area contributed by atoms with Crippen molar-refractivity contribution in [1.82, 2.24) is 14.9 Å². The predicted octanol–water partition coefficient (Wildman–Crippen LogP) is -0.0221. The Bertz CT molecular complexity index is 797. The van der Waals surface area contributed by atoms with Crippen LogP contribution < -0.4 is 10.5 Å². The van der Waals surface area contributed by atoms with E-state index in [1.54, 1.807) is 24.4 Å². The van der Waals surface area contributed by atoms with Gasteiger partial charge >= 0.3 is 6.09 Å². The van der Waals surface area contributed by atoms with Gasteiger partial charge in [-0.3, -0.25) is 9.78 Å². The molecule has 9 heteroatoms. The maximum absolute atomic E-state index is 12.0. The standard InChI is InChI=1S/C15H16N4O5/c1-23-12-3-2-9-13(18-12)8(4-5-17-9)11-7-19(15(22)24-11)6-10(20)14(16)21/h2-5,10-11,20H,6-7H2,1H3,(H2,16,21)/t10-,11-/m0/s1. The molecule has 1 aliphatic rings. The lowest BCUT2D eigenvalue weighted by molar-refractivity contribution is -0.126. The fourth-order valence-electron chi connectivity index (χ4n) is 2.52. The molecule has 3 rings (SSSR count). The van der Waals surface area contributed by atoms with E-state index in [2.05, 4.69) is 9.97 Å². The second kappa shape index (κ2) is 6.28. The summed E-state index contributed by atoms with van der Waals surface area (Å²) in [6, 6.07) is 5.16. The Morgan fingerprint density at radius 2 is 2.33 bits per heavy atom. The summed E-state index contributed by atoms with van der Waals surface area (Å²) >= 11 is 0. The van der Waals surface area contributed by atoms with Crippen molar-refractivity contribution >= 4 is 23.0 Å². The number of hydrogen-bond acceptors (Lipinski definition) is 7. The Labute approximate surface area is 137 Å². The first-order chi connectivity index (χ1) is 11.5. The summed E-state index contributed by atoms with van der Waals surface area (Å²) in [6.07, 6.45) is -1.07. The average molecular weight is 332 g/mol. The van der Waals surface area contributed by atoms with E-state index in [4.69, 9.17) is 15.2 Å². The number of β-amino-alcohol motifs (C(OH)–C–C–N with tert-alkyl or cyclic N) is 1. The number of nitrogens with zero attached hydrogens (tertiary/aromatic N) is 3. The summed E-state index contributed by atoms with van der Waals surface area (Å²) < 4.78 is 10.5. The summed E-state index contributed by atoms with van der Waals surface area (Å²) in [7, 11) is 1.51. The molecule has 0 aromatic carbocycles. The third-order valence-electron chi connectivity index (χ3n) is 3.75. The molecule has 1 saturated heterocycles. The highest BCUT2D eigenvalue weighted by atomic mass is 16.6. The van der Waals surface area contributed by atoms with Crippen molar-refractivity contribution in [2.45, 2.75) is 12.2 Å². The van der Waals surface area contributed by atoms with E-state index < -0.39 is 24.2 Å². The van der Waals surface area contributed by atoms with Gasteiger partial charge in [0, 0.05) is 17.8 Å². The molecule has 2 aromatic heterocycles. The smallest absolute Gasteiger partial charge is 0.410 e. The normalized spacial score (nSPS) is 18.5. The summed E-state index contributed by atoms with van der Waals surface area (Å²) in [5.74, 6) is -0.478. The first-order valence-corrected chi connectivity index (χ1v) is 7.22. The zero-order valence-electron chi connectivity index (χ0n) is 12.9. The van der Waals surface area contributed by atoms with Crippen LogP contribution in [0.25, 0.3) is 11.0 Å². The highest BCUT2D eigenvalue weighted by molar-refractivity contribution is 5.81. The molecule has 0 unspecified atom stereocenters. The second-order valence-electron chi connectivity index (χ2n) is 5.32. The molecule has 9 nitrogen and oxygen atoms in total. The number of hydrogen-bond donors (Lipinski definition) is 2. The van der Waals surface area contributed by atoms with E-state index in [0.717, 1.165) is 0 Å². The Hall–Kier alpha value is -2.94. The molecule has 2 atom stereocenters.